The number of carbonyl (C=O) groups excluding carboxylic acids is 4. The number of nitrogens with zero attached hydrogens (tertiary/aromatic N) is 3. The molecule has 0 spiro atoms. The number of amides is 1. The maximum Gasteiger partial charge on any atom is 0.303 e. The number of aromatic nitrogens is 3. The van der Waals surface area contributed by atoms with Gasteiger partial charge in [-0.2, -0.15) is 0 Å². The first-order valence-corrected chi connectivity index (χ1v) is 15.1. The minimum absolute atomic E-state index is 0.0870. The van der Waals surface area contributed by atoms with Gasteiger partial charge in [0.1, 0.15) is 36.5 Å². The molecule has 1 amide bonds. The van der Waals surface area contributed by atoms with E-state index in [0.717, 1.165) is 31.0 Å². The molecule has 1 aliphatic rings. The molecular weight excluding hydrogens is 604 g/mol. The highest BCUT2D eigenvalue weighted by atomic mass is 35.5. The molecule has 1 saturated heterocycles. The van der Waals surface area contributed by atoms with Crippen LogP contribution in [0.2, 0.25) is 5.02 Å². The van der Waals surface area contributed by atoms with E-state index in [-0.39, 0.29) is 13.2 Å². The molecule has 0 saturated carbocycles. The molecule has 0 bridgehead atoms. The van der Waals surface area contributed by atoms with Crippen molar-refractivity contribution in [1.82, 2.24) is 20.1 Å². The SMILES string of the molecule is CCCCCn1c(COc2ccccc2Cl)nnc1S[C@@H]1O[C@H](COC(C)=O)[C@@H](OC(C)=O)[C@H](OC(C)=O)[C@H]1NC(C)=O. The highest BCUT2D eigenvalue weighted by Gasteiger charge is 2.51. The third-order valence-corrected chi connectivity index (χ3v) is 7.73. The highest BCUT2D eigenvalue weighted by molar-refractivity contribution is 7.99. The fourth-order valence-corrected chi connectivity index (χ4v) is 5.83. The molecule has 2 aromatic rings. The smallest absolute Gasteiger partial charge is 0.303 e. The molecule has 13 nitrogen and oxygen atoms in total. The van der Waals surface area contributed by atoms with E-state index in [1.54, 1.807) is 18.2 Å². The molecule has 0 radical (unpaired) electrons. The molecule has 236 valence electrons. The van der Waals surface area contributed by atoms with Crippen molar-refractivity contribution < 1.29 is 42.9 Å². The molecule has 5 atom stereocenters. The topological polar surface area (TPSA) is 157 Å². The predicted octanol–water partition coefficient (Wildman–Crippen LogP) is 3.45. The van der Waals surface area contributed by atoms with E-state index in [9.17, 15) is 19.2 Å². The Bertz CT molecular complexity index is 1280. The van der Waals surface area contributed by atoms with Crippen LogP contribution in [0.3, 0.4) is 0 Å². The number of ether oxygens (including phenoxy) is 5. The maximum atomic E-state index is 12.3. The summed E-state index contributed by atoms with van der Waals surface area (Å²) in [5, 5.41) is 12.4. The molecule has 43 heavy (non-hydrogen) atoms. The quantitative estimate of drug-likeness (QED) is 0.182. The standard InChI is InChI=1S/C28H37ClN4O9S/c1-6-7-10-13-33-23(15-39-21-12-9-8-11-20(21)29)31-32-28(33)43-27-24(30-16(2)34)26(41-19(5)37)25(40-18(4)36)22(42-27)14-38-17(3)35/h8-9,11-12,22,24-27H,6-7,10,13-15H2,1-5H3,(H,30,34)/t22-,24-,25-,26-,27+/m1/s1. The Kier molecular flexibility index (Phi) is 13.1. The average Bonchev–Trinajstić information content (AvgIpc) is 3.30. The van der Waals surface area contributed by atoms with Crippen LogP contribution < -0.4 is 10.1 Å². The number of nitrogens with one attached hydrogen (secondary N) is 1. The predicted molar refractivity (Wildman–Crippen MR) is 155 cm³/mol. The molecule has 1 aliphatic heterocycles. The Morgan fingerprint density at radius 3 is 2.33 bits per heavy atom. The van der Waals surface area contributed by atoms with Crippen LogP contribution in [-0.4, -0.2) is 75.0 Å². The third-order valence-electron chi connectivity index (χ3n) is 6.26. The largest absolute Gasteiger partial charge is 0.484 e. The fourth-order valence-electron chi connectivity index (χ4n) is 4.46. The number of rotatable bonds is 14. The summed E-state index contributed by atoms with van der Waals surface area (Å²) >= 11 is 7.39. The van der Waals surface area contributed by atoms with Gasteiger partial charge in [0.15, 0.2) is 23.2 Å². The van der Waals surface area contributed by atoms with Crippen molar-refractivity contribution in [2.45, 2.75) is 102 Å². The number of benzene rings is 1. The lowest BCUT2D eigenvalue weighted by molar-refractivity contribution is -0.211. The molecule has 1 N–H and O–H groups in total. The second-order valence-electron chi connectivity index (χ2n) is 9.81. The molecule has 1 aromatic carbocycles. The third kappa shape index (κ3) is 10.1. The minimum Gasteiger partial charge on any atom is -0.484 e. The van der Waals surface area contributed by atoms with Gasteiger partial charge >= 0.3 is 17.9 Å². The van der Waals surface area contributed by atoms with Crippen LogP contribution in [0.15, 0.2) is 29.4 Å². The zero-order chi connectivity index (χ0) is 31.5. The molecular formula is C28H37ClN4O9S. The molecule has 15 heteroatoms. The van der Waals surface area contributed by atoms with Gasteiger partial charge in [0.25, 0.3) is 0 Å². The summed E-state index contributed by atoms with van der Waals surface area (Å²) in [5.41, 5.74) is -0.924. The second kappa shape index (κ2) is 16.5. The Labute approximate surface area is 259 Å². The van der Waals surface area contributed by atoms with Crippen molar-refractivity contribution in [1.29, 1.82) is 0 Å². The van der Waals surface area contributed by atoms with Crippen LogP contribution >= 0.6 is 23.4 Å². The zero-order valence-corrected chi connectivity index (χ0v) is 26.3. The Balaban J connectivity index is 1.98. The summed E-state index contributed by atoms with van der Waals surface area (Å²) in [5.74, 6) is -1.33. The van der Waals surface area contributed by atoms with Crippen molar-refractivity contribution in [3.05, 3.63) is 35.1 Å². The summed E-state index contributed by atoms with van der Waals surface area (Å²) in [6.45, 7) is 7.37. The van der Waals surface area contributed by atoms with Crippen molar-refractivity contribution in [3.8, 4) is 5.75 Å². The van der Waals surface area contributed by atoms with Gasteiger partial charge in [0.2, 0.25) is 5.91 Å². The first-order chi connectivity index (χ1) is 20.5. The molecule has 2 heterocycles. The number of para-hydroxylation sites is 1. The highest BCUT2D eigenvalue weighted by Crippen LogP contribution is 2.36. The molecule has 0 aliphatic carbocycles. The van der Waals surface area contributed by atoms with E-state index in [2.05, 4.69) is 22.4 Å². The summed E-state index contributed by atoms with van der Waals surface area (Å²) in [7, 11) is 0. The summed E-state index contributed by atoms with van der Waals surface area (Å²) in [6, 6.07) is 6.11. The fraction of sp³-hybridized carbons (Fsp3) is 0.571. The Morgan fingerprint density at radius 1 is 1.00 bits per heavy atom. The van der Waals surface area contributed by atoms with Gasteiger partial charge < -0.3 is 33.6 Å². The molecule has 1 fully saturated rings. The van der Waals surface area contributed by atoms with Crippen LogP contribution in [0.1, 0.15) is 59.7 Å². The number of hydrogen-bond donors (Lipinski definition) is 1. The van der Waals surface area contributed by atoms with Gasteiger partial charge in [-0.15, -0.1) is 10.2 Å². The summed E-state index contributed by atoms with van der Waals surface area (Å²) in [6.07, 6.45) is -0.593. The lowest BCUT2D eigenvalue weighted by Gasteiger charge is -2.44. The van der Waals surface area contributed by atoms with Gasteiger partial charge in [-0.3, -0.25) is 19.2 Å². The molecule has 0 unspecified atom stereocenters. The van der Waals surface area contributed by atoms with E-state index >= 15 is 0 Å². The molecule has 1 aromatic heterocycles. The van der Waals surface area contributed by atoms with E-state index in [0.29, 0.717) is 28.3 Å². The molecule has 3 rings (SSSR count). The van der Waals surface area contributed by atoms with E-state index < -0.39 is 53.6 Å². The maximum absolute atomic E-state index is 12.3. The van der Waals surface area contributed by atoms with Crippen molar-refractivity contribution >= 4 is 47.2 Å². The summed E-state index contributed by atoms with van der Waals surface area (Å²) in [4.78, 5) is 48.1. The first-order valence-electron chi connectivity index (χ1n) is 13.9. The lowest BCUT2D eigenvalue weighted by Crippen LogP contribution is -2.65. The average molecular weight is 641 g/mol. The van der Waals surface area contributed by atoms with E-state index in [1.807, 2.05) is 10.6 Å². The second-order valence-corrected chi connectivity index (χ2v) is 11.3. The van der Waals surface area contributed by atoms with Crippen molar-refractivity contribution in [2.24, 2.45) is 0 Å². The van der Waals surface area contributed by atoms with Gasteiger partial charge in [-0.25, -0.2) is 0 Å². The number of esters is 3. The summed E-state index contributed by atoms with van der Waals surface area (Å²) < 4.78 is 30.4. The van der Waals surface area contributed by atoms with Crippen LogP contribution in [0.25, 0.3) is 0 Å². The van der Waals surface area contributed by atoms with Crippen LogP contribution in [0, 0.1) is 0 Å². The lowest BCUT2D eigenvalue weighted by atomic mass is 9.97. The normalized spacial score (nSPS) is 21.5. The number of halogens is 1. The van der Waals surface area contributed by atoms with Crippen molar-refractivity contribution in [3.63, 3.8) is 0 Å². The Hall–Kier alpha value is -3.36. The van der Waals surface area contributed by atoms with E-state index in [4.69, 9.17) is 35.3 Å². The van der Waals surface area contributed by atoms with Gasteiger partial charge in [-0.1, -0.05) is 55.3 Å². The minimum atomic E-state index is -1.18. The van der Waals surface area contributed by atoms with Crippen LogP contribution in [0.5, 0.6) is 5.75 Å². The zero-order valence-electron chi connectivity index (χ0n) is 24.7. The number of hydrogen-bond acceptors (Lipinski definition) is 12. The van der Waals surface area contributed by atoms with Gasteiger partial charge in [0.05, 0.1) is 5.02 Å². The van der Waals surface area contributed by atoms with Crippen LogP contribution in [-0.2, 0) is 51.3 Å². The first kappa shape index (κ1) is 34.1. The van der Waals surface area contributed by atoms with Gasteiger partial charge in [-0.05, 0) is 18.6 Å². The monoisotopic (exact) mass is 640 g/mol. The van der Waals surface area contributed by atoms with Gasteiger partial charge in [0, 0.05) is 34.2 Å². The Morgan fingerprint density at radius 2 is 1.70 bits per heavy atom. The number of unbranched alkanes of at least 4 members (excludes halogenated alkanes) is 2. The van der Waals surface area contributed by atoms with Crippen LogP contribution in [0.4, 0.5) is 0 Å². The van der Waals surface area contributed by atoms with E-state index in [1.165, 1.54) is 27.7 Å². The number of carbonyl (C=O) groups is 4. The number of thioether (sulfide) groups is 1. The van der Waals surface area contributed by atoms with Crippen molar-refractivity contribution in [2.75, 3.05) is 6.61 Å².